The normalized spacial score (nSPS) is 19.4. The molecule has 19 heavy (non-hydrogen) atoms. The van der Waals surface area contributed by atoms with Gasteiger partial charge in [0.25, 0.3) is 0 Å². The molecule has 102 valence electrons. The molecule has 0 aliphatic carbocycles. The lowest BCUT2D eigenvalue weighted by Gasteiger charge is -2.13. The van der Waals surface area contributed by atoms with Crippen LogP contribution in [0, 0.1) is 0 Å². The van der Waals surface area contributed by atoms with Crippen molar-refractivity contribution in [2.24, 2.45) is 5.73 Å². The van der Waals surface area contributed by atoms with E-state index < -0.39 is 0 Å². The number of hydrogen-bond donors (Lipinski definition) is 1. The number of hydrogen-bond acceptors (Lipinski definition) is 3. The molecule has 2 heterocycles. The molecule has 3 rings (SSSR count). The summed E-state index contributed by atoms with van der Waals surface area (Å²) in [5.41, 5.74) is 7.73. The van der Waals surface area contributed by atoms with Gasteiger partial charge in [0.2, 0.25) is 0 Å². The van der Waals surface area contributed by atoms with Gasteiger partial charge in [-0.25, -0.2) is 4.98 Å². The van der Waals surface area contributed by atoms with Crippen LogP contribution in [0.1, 0.15) is 18.7 Å². The maximum absolute atomic E-state index is 6.03. The van der Waals surface area contributed by atoms with Crippen molar-refractivity contribution >= 4 is 22.6 Å². The Morgan fingerprint density at radius 2 is 2.37 bits per heavy atom. The topological polar surface area (TPSA) is 53.1 Å². The Balaban J connectivity index is 2.00. The van der Waals surface area contributed by atoms with Crippen LogP contribution in [0.4, 0.5) is 0 Å². The van der Waals surface area contributed by atoms with Crippen molar-refractivity contribution in [1.29, 1.82) is 0 Å². The Morgan fingerprint density at radius 1 is 1.47 bits per heavy atom. The lowest BCUT2D eigenvalue weighted by atomic mass is 10.2. The highest BCUT2D eigenvalue weighted by molar-refractivity contribution is 6.31. The molecule has 1 aromatic carbocycles. The molecule has 0 spiro atoms. The highest BCUT2D eigenvalue weighted by Gasteiger charge is 2.19. The summed E-state index contributed by atoms with van der Waals surface area (Å²) in [6.45, 7) is 2.32. The van der Waals surface area contributed by atoms with Gasteiger partial charge in [-0.15, -0.1) is 0 Å². The van der Waals surface area contributed by atoms with Gasteiger partial charge in [0, 0.05) is 18.1 Å². The summed E-state index contributed by atoms with van der Waals surface area (Å²) in [6.07, 6.45) is 3.34. The highest BCUT2D eigenvalue weighted by atomic mass is 35.5. The van der Waals surface area contributed by atoms with Gasteiger partial charge in [0.05, 0.1) is 23.7 Å². The first-order chi connectivity index (χ1) is 9.28. The molecular formula is C14H18ClN3O. The van der Waals surface area contributed by atoms with Crippen LogP contribution in [0.15, 0.2) is 18.2 Å². The molecule has 2 N–H and O–H groups in total. The number of ether oxygens (including phenoxy) is 1. The van der Waals surface area contributed by atoms with E-state index in [0.717, 1.165) is 49.3 Å². The lowest BCUT2D eigenvalue weighted by Crippen LogP contribution is -2.18. The molecule has 1 unspecified atom stereocenters. The Kier molecular flexibility index (Phi) is 3.73. The van der Waals surface area contributed by atoms with E-state index in [-0.39, 0.29) is 0 Å². The van der Waals surface area contributed by atoms with E-state index in [2.05, 4.69) is 9.55 Å². The van der Waals surface area contributed by atoms with Gasteiger partial charge in [0.1, 0.15) is 5.82 Å². The molecule has 1 aliphatic heterocycles. The molecule has 2 aromatic rings. The van der Waals surface area contributed by atoms with Crippen LogP contribution in [0.25, 0.3) is 11.0 Å². The summed E-state index contributed by atoms with van der Waals surface area (Å²) < 4.78 is 7.96. The van der Waals surface area contributed by atoms with E-state index in [1.54, 1.807) is 0 Å². The smallest absolute Gasteiger partial charge is 0.111 e. The standard InChI is InChI=1S/C14H18ClN3O/c15-10-3-4-13-12(8-10)17-14(5-6-16)18(13)9-11-2-1-7-19-11/h3-4,8,11H,1-2,5-7,9,16H2. The lowest BCUT2D eigenvalue weighted by molar-refractivity contribution is 0.0972. The second-order valence-electron chi connectivity index (χ2n) is 4.95. The molecule has 5 heteroatoms. The minimum absolute atomic E-state index is 0.296. The molecule has 1 atom stereocenters. The summed E-state index contributed by atoms with van der Waals surface area (Å²) in [5, 5.41) is 0.716. The van der Waals surface area contributed by atoms with Gasteiger partial charge < -0.3 is 15.0 Å². The monoisotopic (exact) mass is 279 g/mol. The number of nitrogens with zero attached hydrogens (tertiary/aromatic N) is 2. The van der Waals surface area contributed by atoms with E-state index in [1.807, 2.05) is 18.2 Å². The van der Waals surface area contributed by atoms with Crippen LogP contribution < -0.4 is 5.73 Å². The molecule has 1 aliphatic rings. The number of imidazole rings is 1. The first-order valence-electron chi connectivity index (χ1n) is 6.74. The van der Waals surface area contributed by atoms with Crippen LogP contribution in [0.2, 0.25) is 5.02 Å². The van der Waals surface area contributed by atoms with Crippen molar-refractivity contribution < 1.29 is 4.74 Å². The van der Waals surface area contributed by atoms with Crippen LogP contribution in [-0.4, -0.2) is 28.8 Å². The SMILES string of the molecule is NCCc1nc2cc(Cl)ccc2n1CC1CCCO1. The third kappa shape index (κ3) is 2.61. The largest absolute Gasteiger partial charge is 0.376 e. The number of rotatable bonds is 4. The third-order valence-corrected chi connectivity index (χ3v) is 3.80. The number of aromatic nitrogens is 2. The van der Waals surface area contributed by atoms with E-state index in [0.29, 0.717) is 17.7 Å². The molecule has 1 aromatic heterocycles. The minimum atomic E-state index is 0.296. The van der Waals surface area contributed by atoms with Gasteiger partial charge in [-0.2, -0.15) is 0 Å². The molecular weight excluding hydrogens is 262 g/mol. The van der Waals surface area contributed by atoms with Crippen molar-refractivity contribution in [2.75, 3.05) is 13.2 Å². The third-order valence-electron chi connectivity index (χ3n) is 3.57. The maximum atomic E-state index is 6.03. The van der Waals surface area contributed by atoms with E-state index in [9.17, 15) is 0 Å². The summed E-state index contributed by atoms with van der Waals surface area (Å²) in [7, 11) is 0. The Labute approximate surface area is 117 Å². The molecule has 0 bridgehead atoms. The summed E-state index contributed by atoms with van der Waals surface area (Å²) in [6, 6.07) is 5.84. The molecule has 1 fully saturated rings. The second-order valence-corrected chi connectivity index (χ2v) is 5.38. The average Bonchev–Trinajstić information content (AvgIpc) is 2.99. The molecule has 0 amide bonds. The average molecular weight is 280 g/mol. The van der Waals surface area contributed by atoms with Gasteiger partial charge in [-0.05, 0) is 37.6 Å². The van der Waals surface area contributed by atoms with Crippen molar-refractivity contribution in [2.45, 2.75) is 31.9 Å². The van der Waals surface area contributed by atoms with Crippen LogP contribution >= 0.6 is 11.6 Å². The zero-order valence-electron chi connectivity index (χ0n) is 10.8. The zero-order chi connectivity index (χ0) is 13.2. The van der Waals surface area contributed by atoms with E-state index in [4.69, 9.17) is 22.1 Å². The van der Waals surface area contributed by atoms with Crippen molar-refractivity contribution in [3.05, 3.63) is 29.0 Å². The number of halogens is 1. The number of benzene rings is 1. The maximum Gasteiger partial charge on any atom is 0.111 e. The fourth-order valence-corrected chi connectivity index (χ4v) is 2.83. The Hall–Kier alpha value is -1.10. The second kappa shape index (κ2) is 5.49. The van der Waals surface area contributed by atoms with Crippen LogP contribution in [0.5, 0.6) is 0 Å². The molecule has 1 saturated heterocycles. The fraction of sp³-hybridized carbons (Fsp3) is 0.500. The quantitative estimate of drug-likeness (QED) is 0.935. The summed E-state index contributed by atoms with van der Waals surface area (Å²) in [4.78, 5) is 4.65. The highest BCUT2D eigenvalue weighted by Crippen LogP contribution is 2.23. The molecule has 0 radical (unpaired) electrons. The van der Waals surface area contributed by atoms with Crippen molar-refractivity contribution in [3.8, 4) is 0 Å². The minimum Gasteiger partial charge on any atom is -0.376 e. The van der Waals surface area contributed by atoms with E-state index in [1.165, 1.54) is 0 Å². The number of nitrogens with two attached hydrogens (primary N) is 1. The van der Waals surface area contributed by atoms with Gasteiger partial charge in [-0.3, -0.25) is 0 Å². The summed E-state index contributed by atoms with van der Waals surface area (Å²) >= 11 is 6.03. The fourth-order valence-electron chi connectivity index (χ4n) is 2.67. The Bertz CT molecular complexity index is 575. The first-order valence-corrected chi connectivity index (χ1v) is 7.12. The van der Waals surface area contributed by atoms with E-state index >= 15 is 0 Å². The summed E-state index contributed by atoms with van der Waals surface area (Å²) in [5.74, 6) is 1.02. The molecule has 4 nitrogen and oxygen atoms in total. The number of fused-ring (bicyclic) bond motifs is 1. The van der Waals surface area contributed by atoms with Crippen molar-refractivity contribution in [3.63, 3.8) is 0 Å². The van der Waals surface area contributed by atoms with Gasteiger partial charge in [-0.1, -0.05) is 11.6 Å². The van der Waals surface area contributed by atoms with Crippen LogP contribution in [0.3, 0.4) is 0 Å². The van der Waals surface area contributed by atoms with Crippen LogP contribution in [-0.2, 0) is 17.7 Å². The molecule has 0 saturated carbocycles. The van der Waals surface area contributed by atoms with Crippen molar-refractivity contribution in [1.82, 2.24) is 9.55 Å². The van der Waals surface area contributed by atoms with Gasteiger partial charge >= 0.3 is 0 Å². The first kappa shape index (κ1) is 12.9. The van der Waals surface area contributed by atoms with Gasteiger partial charge in [0.15, 0.2) is 0 Å². The Morgan fingerprint density at radius 3 is 3.11 bits per heavy atom. The predicted octanol–water partition coefficient (Wildman–Crippen LogP) is 2.37. The zero-order valence-corrected chi connectivity index (χ0v) is 11.6. The predicted molar refractivity (Wildman–Crippen MR) is 76.5 cm³/mol.